The van der Waals surface area contributed by atoms with Crippen molar-refractivity contribution in [3.05, 3.63) is 41.2 Å². The Morgan fingerprint density at radius 3 is 2.84 bits per heavy atom. The molecule has 1 amide bonds. The lowest BCUT2D eigenvalue weighted by Gasteiger charge is -2.08. The van der Waals surface area contributed by atoms with E-state index in [1.54, 1.807) is 0 Å². The minimum atomic E-state index is -1.15. The lowest BCUT2D eigenvalue weighted by molar-refractivity contribution is -0.116. The molecule has 1 aromatic carbocycles. The van der Waals surface area contributed by atoms with Crippen molar-refractivity contribution in [3.8, 4) is 0 Å². The summed E-state index contributed by atoms with van der Waals surface area (Å²) in [6.45, 7) is -0.0639. The van der Waals surface area contributed by atoms with Crippen LogP contribution >= 0.6 is 11.6 Å². The molecule has 1 heterocycles. The van der Waals surface area contributed by atoms with Gasteiger partial charge in [0.05, 0.1) is 17.4 Å². The first-order chi connectivity index (χ1) is 9.06. The fraction of sp³-hybridized carbons (Fsp3) is 0.0909. The van der Waals surface area contributed by atoms with Gasteiger partial charge in [0, 0.05) is 11.2 Å². The molecular formula is C11H9ClN4O3. The van der Waals surface area contributed by atoms with Crippen LogP contribution in [0.5, 0.6) is 0 Å². The molecule has 19 heavy (non-hydrogen) atoms. The number of carboxylic acids is 1. The van der Waals surface area contributed by atoms with E-state index in [0.717, 1.165) is 0 Å². The predicted molar refractivity (Wildman–Crippen MR) is 67.1 cm³/mol. The monoisotopic (exact) mass is 280 g/mol. The first-order valence-corrected chi connectivity index (χ1v) is 5.61. The van der Waals surface area contributed by atoms with E-state index in [1.807, 2.05) is 0 Å². The number of hydrogen-bond donors (Lipinski definition) is 2. The van der Waals surface area contributed by atoms with Gasteiger partial charge in [-0.05, 0) is 18.2 Å². The highest BCUT2D eigenvalue weighted by Gasteiger charge is 2.13. The molecule has 0 aliphatic rings. The van der Waals surface area contributed by atoms with Crippen molar-refractivity contribution in [3.63, 3.8) is 0 Å². The molecule has 0 saturated heterocycles. The molecule has 0 atom stereocenters. The number of aromatic nitrogens is 3. The van der Waals surface area contributed by atoms with Crippen molar-refractivity contribution in [2.75, 3.05) is 5.32 Å². The van der Waals surface area contributed by atoms with Crippen molar-refractivity contribution >= 4 is 29.2 Å². The number of benzene rings is 1. The lowest BCUT2D eigenvalue weighted by atomic mass is 10.2. The predicted octanol–water partition coefficient (Wildman–Crippen LogP) is 1.27. The number of halogens is 1. The summed E-state index contributed by atoms with van der Waals surface area (Å²) in [6.07, 6.45) is 2.96. The second kappa shape index (κ2) is 5.49. The van der Waals surface area contributed by atoms with Gasteiger partial charge in [0.15, 0.2) is 0 Å². The van der Waals surface area contributed by atoms with Crippen LogP contribution in [0.3, 0.4) is 0 Å². The highest BCUT2D eigenvalue weighted by molar-refractivity contribution is 6.31. The van der Waals surface area contributed by atoms with Gasteiger partial charge in [0.1, 0.15) is 6.54 Å². The number of nitrogens with one attached hydrogen (secondary N) is 1. The smallest absolute Gasteiger partial charge is 0.337 e. The Balaban J connectivity index is 2.16. The molecule has 1 aromatic heterocycles. The number of nitrogens with zero attached hydrogens (tertiary/aromatic N) is 3. The quantitative estimate of drug-likeness (QED) is 0.879. The summed E-state index contributed by atoms with van der Waals surface area (Å²) < 4.78 is 1.32. The second-order valence-electron chi connectivity index (χ2n) is 3.64. The molecule has 2 N–H and O–H groups in total. The molecular weight excluding hydrogens is 272 g/mol. The summed E-state index contributed by atoms with van der Waals surface area (Å²) in [6, 6.07) is 4.15. The van der Waals surface area contributed by atoms with Gasteiger partial charge in [-0.15, -0.1) is 5.10 Å². The molecule has 0 saturated carbocycles. The zero-order valence-corrected chi connectivity index (χ0v) is 10.3. The van der Waals surface area contributed by atoms with Crippen LogP contribution in [-0.4, -0.2) is 32.0 Å². The van der Waals surface area contributed by atoms with E-state index >= 15 is 0 Å². The van der Waals surface area contributed by atoms with Gasteiger partial charge in [-0.2, -0.15) is 0 Å². The number of amides is 1. The summed E-state index contributed by atoms with van der Waals surface area (Å²) in [5.41, 5.74) is 0.112. The normalized spacial score (nSPS) is 10.2. The maximum Gasteiger partial charge on any atom is 0.337 e. The van der Waals surface area contributed by atoms with Gasteiger partial charge >= 0.3 is 5.97 Å². The first-order valence-electron chi connectivity index (χ1n) is 5.23. The third kappa shape index (κ3) is 3.29. The zero-order chi connectivity index (χ0) is 13.8. The Hall–Kier alpha value is -2.41. The van der Waals surface area contributed by atoms with Gasteiger partial charge in [-0.3, -0.25) is 4.79 Å². The standard InChI is InChI=1S/C11H9ClN4O3/c12-7-1-2-8(11(18)19)9(5-7)14-10(17)6-16-4-3-13-15-16/h1-5H,6H2,(H,14,17)(H,18,19). The van der Waals surface area contributed by atoms with Crippen molar-refractivity contribution < 1.29 is 14.7 Å². The Bertz CT molecular complexity index is 612. The number of carbonyl (C=O) groups is 2. The number of carbonyl (C=O) groups excluding carboxylic acids is 1. The Kier molecular flexibility index (Phi) is 3.76. The van der Waals surface area contributed by atoms with Crippen LogP contribution in [0.4, 0.5) is 5.69 Å². The SMILES string of the molecule is O=C(Cn1ccnn1)Nc1cc(Cl)ccc1C(=O)O. The number of anilines is 1. The van der Waals surface area contributed by atoms with Gasteiger partial charge in [-0.25, -0.2) is 9.48 Å². The number of aromatic carboxylic acids is 1. The Morgan fingerprint density at radius 2 is 2.21 bits per heavy atom. The van der Waals surface area contributed by atoms with E-state index in [2.05, 4.69) is 15.6 Å². The summed E-state index contributed by atoms with van der Waals surface area (Å²) in [4.78, 5) is 22.7. The van der Waals surface area contributed by atoms with Gasteiger partial charge in [0.25, 0.3) is 0 Å². The average molecular weight is 281 g/mol. The fourth-order valence-corrected chi connectivity index (χ4v) is 1.63. The van der Waals surface area contributed by atoms with Crippen LogP contribution in [0.2, 0.25) is 5.02 Å². The average Bonchev–Trinajstić information content (AvgIpc) is 2.81. The minimum Gasteiger partial charge on any atom is -0.478 e. The van der Waals surface area contributed by atoms with Crippen LogP contribution in [0.25, 0.3) is 0 Å². The lowest BCUT2D eigenvalue weighted by Crippen LogP contribution is -2.20. The van der Waals surface area contributed by atoms with Gasteiger partial charge in [-0.1, -0.05) is 16.8 Å². The van der Waals surface area contributed by atoms with Crippen LogP contribution in [0, 0.1) is 0 Å². The van der Waals surface area contributed by atoms with Crippen molar-refractivity contribution in [2.24, 2.45) is 0 Å². The third-order valence-electron chi connectivity index (χ3n) is 2.26. The molecule has 0 aliphatic heterocycles. The number of hydrogen-bond acceptors (Lipinski definition) is 4. The number of rotatable bonds is 4. The Labute approximate surface area is 112 Å². The maximum absolute atomic E-state index is 11.7. The molecule has 0 bridgehead atoms. The topological polar surface area (TPSA) is 97.1 Å². The molecule has 2 rings (SSSR count). The van der Waals surface area contributed by atoms with E-state index in [0.29, 0.717) is 5.02 Å². The molecule has 8 heteroatoms. The van der Waals surface area contributed by atoms with Crippen LogP contribution < -0.4 is 5.32 Å². The largest absolute Gasteiger partial charge is 0.478 e. The van der Waals surface area contributed by atoms with E-state index in [9.17, 15) is 9.59 Å². The molecule has 0 fully saturated rings. The Morgan fingerprint density at radius 1 is 1.42 bits per heavy atom. The third-order valence-corrected chi connectivity index (χ3v) is 2.50. The van der Waals surface area contributed by atoms with Gasteiger partial charge in [0.2, 0.25) is 5.91 Å². The van der Waals surface area contributed by atoms with Crippen molar-refractivity contribution in [2.45, 2.75) is 6.54 Å². The molecule has 0 spiro atoms. The summed E-state index contributed by atoms with van der Waals surface area (Å²) >= 11 is 5.78. The van der Waals surface area contributed by atoms with Gasteiger partial charge < -0.3 is 10.4 Å². The minimum absolute atomic E-state index is 0.0312. The van der Waals surface area contributed by atoms with Crippen LogP contribution in [-0.2, 0) is 11.3 Å². The molecule has 0 radical (unpaired) electrons. The molecule has 98 valence electrons. The first kappa shape index (κ1) is 13.0. The summed E-state index contributed by atoms with van der Waals surface area (Å²) in [7, 11) is 0. The van der Waals surface area contributed by atoms with E-state index < -0.39 is 11.9 Å². The zero-order valence-electron chi connectivity index (χ0n) is 9.58. The summed E-state index contributed by atoms with van der Waals surface area (Å²) in [5, 5.41) is 19.0. The van der Waals surface area contributed by atoms with Crippen molar-refractivity contribution in [1.29, 1.82) is 0 Å². The molecule has 0 unspecified atom stereocenters. The molecule has 7 nitrogen and oxygen atoms in total. The van der Waals surface area contributed by atoms with E-state index in [1.165, 1.54) is 35.3 Å². The fourth-order valence-electron chi connectivity index (χ4n) is 1.46. The van der Waals surface area contributed by atoms with E-state index in [-0.39, 0.29) is 17.8 Å². The maximum atomic E-state index is 11.7. The second-order valence-corrected chi connectivity index (χ2v) is 4.08. The number of carboxylic acid groups (broad SMARTS) is 1. The molecule has 0 aliphatic carbocycles. The highest BCUT2D eigenvalue weighted by Crippen LogP contribution is 2.21. The molecule has 2 aromatic rings. The van der Waals surface area contributed by atoms with E-state index in [4.69, 9.17) is 16.7 Å². The van der Waals surface area contributed by atoms with Crippen LogP contribution in [0.1, 0.15) is 10.4 Å². The highest BCUT2D eigenvalue weighted by atomic mass is 35.5. The van der Waals surface area contributed by atoms with Crippen molar-refractivity contribution in [1.82, 2.24) is 15.0 Å². The van der Waals surface area contributed by atoms with Crippen LogP contribution in [0.15, 0.2) is 30.6 Å². The summed E-state index contributed by atoms with van der Waals surface area (Å²) in [5.74, 6) is -1.57.